The topological polar surface area (TPSA) is 33.1 Å². The lowest BCUT2D eigenvalue weighted by Crippen LogP contribution is -2.53. The van der Waals surface area contributed by atoms with Gasteiger partial charge in [0.1, 0.15) is 5.82 Å². The Balaban J connectivity index is 1.97. The Morgan fingerprint density at radius 2 is 2.05 bits per heavy atom. The van der Waals surface area contributed by atoms with Crippen LogP contribution in [0.25, 0.3) is 0 Å². The molecule has 0 aromatic carbocycles. The summed E-state index contributed by atoms with van der Waals surface area (Å²) in [7, 11) is 6.50. The lowest BCUT2D eigenvalue weighted by Gasteiger charge is -2.43. The minimum atomic E-state index is 0.304. The molecule has 0 saturated heterocycles. The van der Waals surface area contributed by atoms with E-state index in [-0.39, 0.29) is 0 Å². The number of imidazole rings is 1. The minimum absolute atomic E-state index is 0.304. The summed E-state index contributed by atoms with van der Waals surface area (Å²) >= 11 is 0. The molecule has 0 radical (unpaired) electrons. The van der Waals surface area contributed by atoms with Gasteiger partial charge in [-0.1, -0.05) is 19.3 Å². The molecular formula is C15H28N4. The molecule has 1 N–H and O–H groups in total. The fourth-order valence-electron chi connectivity index (χ4n) is 3.22. The molecular weight excluding hydrogens is 236 g/mol. The van der Waals surface area contributed by atoms with Crippen molar-refractivity contribution in [2.24, 2.45) is 7.05 Å². The van der Waals surface area contributed by atoms with Gasteiger partial charge in [0.2, 0.25) is 0 Å². The van der Waals surface area contributed by atoms with Crippen molar-refractivity contribution < 1.29 is 0 Å². The molecule has 2 rings (SSSR count). The summed E-state index contributed by atoms with van der Waals surface area (Å²) in [5.74, 6) is 1.12. The maximum absolute atomic E-state index is 4.43. The van der Waals surface area contributed by atoms with Gasteiger partial charge in [-0.15, -0.1) is 0 Å². The molecule has 1 saturated carbocycles. The van der Waals surface area contributed by atoms with Crippen LogP contribution >= 0.6 is 0 Å². The lowest BCUT2D eigenvalue weighted by atomic mass is 9.80. The molecule has 1 fully saturated rings. The Hall–Kier alpha value is -0.870. The lowest BCUT2D eigenvalue weighted by molar-refractivity contribution is 0.0954. The summed E-state index contributed by atoms with van der Waals surface area (Å²) < 4.78 is 2.10. The summed E-state index contributed by atoms with van der Waals surface area (Å²) in [4.78, 5) is 6.85. The third kappa shape index (κ3) is 3.18. The molecule has 19 heavy (non-hydrogen) atoms. The van der Waals surface area contributed by atoms with Gasteiger partial charge in [0.05, 0.1) is 6.04 Å². The smallest absolute Gasteiger partial charge is 0.125 e. The maximum atomic E-state index is 4.43. The van der Waals surface area contributed by atoms with E-state index >= 15 is 0 Å². The molecule has 0 amide bonds. The molecule has 108 valence electrons. The summed E-state index contributed by atoms with van der Waals surface area (Å²) in [6, 6.07) is 0.304. The first-order valence-corrected chi connectivity index (χ1v) is 7.43. The van der Waals surface area contributed by atoms with Crippen molar-refractivity contribution >= 4 is 0 Å². The van der Waals surface area contributed by atoms with Crippen LogP contribution in [0.2, 0.25) is 0 Å². The molecule has 4 heteroatoms. The molecule has 1 heterocycles. The quantitative estimate of drug-likeness (QED) is 0.886. The van der Waals surface area contributed by atoms with Crippen LogP contribution in [-0.4, -0.2) is 40.6 Å². The van der Waals surface area contributed by atoms with E-state index in [2.05, 4.69) is 47.8 Å². The van der Waals surface area contributed by atoms with Gasteiger partial charge in [-0.05, 0) is 33.9 Å². The summed E-state index contributed by atoms with van der Waals surface area (Å²) in [6.45, 7) is 3.25. The highest BCUT2D eigenvalue weighted by molar-refractivity contribution is 4.99. The van der Waals surface area contributed by atoms with Gasteiger partial charge in [0.15, 0.2) is 0 Å². The van der Waals surface area contributed by atoms with Crippen molar-refractivity contribution in [3.63, 3.8) is 0 Å². The Kier molecular flexibility index (Phi) is 4.63. The number of aryl methyl sites for hydroxylation is 1. The molecule has 0 bridgehead atoms. The molecule has 0 spiro atoms. The molecule has 1 aromatic heterocycles. The van der Waals surface area contributed by atoms with Gasteiger partial charge < -0.3 is 14.8 Å². The van der Waals surface area contributed by atoms with Crippen molar-refractivity contribution in [1.82, 2.24) is 19.8 Å². The molecule has 1 aliphatic rings. The largest absolute Gasteiger partial charge is 0.337 e. The van der Waals surface area contributed by atoms with Crippen LogP contribution in [0, 0.1) is 0 Å². The number of aromatic nitrogens is 2. The van der Waals surface area contributed by atoms with Gasteiger partial charge in [-0.2, -0.15) is 0 Å². The SMILES string of the molecule is CC(NCC1(N(C)C)CCCCC1)c1nccn1C. The van der Waals surface area contributed by atoms with Crippen molar-refractivity contribution in [3.05, 3.63) is 18.2 Å². The normalized spacial score (nSPS) is 20.7. The second-order valence-corrected chi connectivity index (χ2v) is 6.18. The van der Waals surface area contributed by atoms with Crippen LogP contribution in [0.1, 0.15) is 50.9 Å². The van der Waals surface area contributed by atoms with E-state index < -0.39 is 0 Å². The Labute approximate surface area is 117 Å². The van der Waals surface area contributed by atoms with Crippen LogP contribution in [-0.2, 0) is 7.05 Å². The van der Waals surface area contributed by atoms with Crippen molar-refractivity contribution in [2.45, 2.75) is 50.6 Å². The average molecular weight is 264 g/mol. The van der Waals surface area contributed by atoms with Gasteiger partial charge in [-0.25, -0.2) is 4.98 Å². The predicted octanol–water partition coefficient (Wildman–Crippen LogP) is 2.34. The zero-order valence-electron chi connectivity index (χ0n) is 12.8. The van der Waals surface area contributed by atoms with Gasteiger partial charge in [0, 0.05) is 31.5 Å². The monoisotopic (exact) mass is 264 g/mol. The van der Waals surface area contributed by atoms with Crippen LogP contribution in [0.4, 0.5) is 0 Å². The van der Waals surface area contributed by atoms with E-state index in [1.807, 2.05) is 12.4 Å². The second-order valence-electron chi connectivity index (χ2n) is 6.18. The van der Waals surface area contributed by atoms with Crippen LogP contribution < -0.4 is 5.32 Å². The highest BCUT2D eigenvalue weighted by atomic mass is 15.2. The van der Waals surface area contributed by atoms with E-state index in [0.717, 1.165) is 12.4 Å². The first-order chi connectivity index (χ1) is 9.05. The third-order valence-electron chi connectivity index (χ3n) is 4.72. The Morgan fingerprint density at radius 1 is 1.37 bits per heavy atom. The number of likely N-dealkylation sites (N-methyl/N-ethyl adjacent to an activating group) is 1. The van der Waals surface area contributed by atoms with Gasteiger partial charge in [0.25, 0.3) is 0 Å². The van der Waals surface area contributed by atoms with Crippen molar-refractivity contribution in [1.29, 1.82) is 0 Å². The van der Waals surface area contributed by atoms with E-state index in [4.69, 9.17) is 0 Å². The Morgan fingerprint density at radius 3 is 2.58 bits per heavy atom. The molecule has 1 unspecified atom stereocenters. The molecule has 4 nitrogen and oxygen atoms in total. The molecule has 1 aliphatic carbocycles. The fourth-order valence-corrected chi connectivity index (χ4v) is 3.22. The van der Waals surface area contributed by atoms with E-state index in [0.29, 0.717) is 11.6 Å². The first-order valence-electron chi connectivity index (χ1n) is 7.43. The number of hydrogen-bond acceptors (Lipinski definition) is 3. The highest BCUT2D eigenvalue weighted by Gasteiger charge is 2.34. The average Bonchev–Trinajstić information content (AvgIpc) is 2.83. The van der Waals surface area contributed by atoms with Crippen molar-refractivity contribution in [3.8, 4) is 0 Å². The highest BCUT2D eigenvalue weighted by Crippen LogP contribution is 2.32. The number of nitrogens with zero attached hydrogens (tertiary/aromatic N) is 3. The Bertz CT molecular complexity index is 391. The van der Waals surface area contributed by atoms with Crippen LogP contribution in [0.5, 0.6) is 0 Å². The summed E-state index contributed by atoms with van der Waals surface area (Å²) in [6.07, 6.45) is 10.6. The van der Waals surface area contributed by atoms with Crippen molar-refractivity contribution in [2.75, 3.05) is 20.6 Å². The number of hydrogen-bond donors (Lipinski definition) is 1. The van der Waals surface area contributed by atoms with E-state index in [1.54, 1.807) is 0 Å². The number of rotatable bonds is 5. The number of nitrogens with one attached hydrogen (secondary N) is 1. The van der Waals surface area contributed by atoms with Crippen LogP contribution in [0.3, 0.4) is 0 Å². The first kappa shape index (κ1) is 14.5. The van der Waals surface area contributed by atoms with E-state index in [9.17, 15) is 0 Å². The van der Waals surface area contributed by atoms with Gasteiger partial charge in [-0.3, -0.25) is 0 Å². The zero-order chi connectivity index (χ0) is 13.9. The minimum Gasteiger partial charge on any atom is -0.337 e. The molecule has 0 aliphatic heterocycles. The van der Waals surface area contributed by atoms with Crippen LogP contribution in [0.15, 0.2) is 12.4 Å². The second kappa shape index (κ2) is 6.06. The summed E-state index contributed by atoms with van der Waals surface area (Å²) in [5.41, 5.74) is 0.331. The maximum Gasteiger partial charge on any atom is 0.125 e. The molecule has 1 atom stereocenters. The fraction of sp³-hybridized carbons (Fsp3) is 0.800. The molecule has 1 aromatic rings. The van der Waals surface area contributed by atoms with E-state index in [1.165, 1.54) is 32.1 Å². The third-order valence-corrected chi connectivity index (χ3v) is 4.72. The zero-order valence-corrected chi connectivity index (χ0v) is 12.8. The standard InChI is InChI=1S/C15H28N4/c1-13(14-16-10-11-19(14)4)17-12-15(18(2)3)8-6-5-7-9-15/h10-11,13,17H,5-9,12H2,1-4H3. The predicted molar refractivity (Wildman–Crippen MR) is 79.1 cm³/mol. The summed E-state index contributed by atoms with van der Waals surface area (Å²) in [5, 5.41) is 3.69. The van der Waals surface area contributed by atoms with Gasteiger partial charge >= 0.3 is 0 Å².